The van der Waals surface area contributed by atoms with Crippen LogP contribution < -0.4 is 0 Å². The van der Waals surface area contributed by atoms with Gasteiger partial charge in [0.25, 0.3) is 0 Å². The van der Waals surface area contributed by atoms with Crippen LogP contribution in [0.3, 0.4) is 0 Å². The number of aliphatic hydroxyl groups excluding tert-OH is 1. The molecule has 5 nitrogen and oxygen atoms in total. The first-order valence-electron chi connectivity index (χ1n) is 10.8. The van der Waals surface area contributed by atoms with Gasteiger partial charge in [-0.3, -0.25) is 9.59 Å². The fourth-order valence-corrected chi connectivity index (χ4v) is 2.77. The zero-order valence-electron chi connectivity index (χ0n) is 18.1. The van der Waals surface area contributed by atoms with Crippen LogP contribution in [0.4, 0.5) is 0 Å². The van der Waals surface area contributed by atoms with Gasteiger partial charge < -0.3 is 15.3 Å². The van der Waals surface area contributed by atoms with E-state index in [1.165, 1.54) is 44.9 Å². The molecule has 3 N–H and O–H groups in total. The Morgan fingerprint density at radius 1 is 0.741 bits per heavy atom. The third-order valence-electron chi connectivity index (χ3n) is 4.64. The largest absolute Gasteiger partial charge is 0.481 e. The van der Waals surface area contributed by atoms with Crippen molar-refractivity contribution in [3.63, 3.8) is 0 Å². The van der Waals surface area contributed by atoms with Crippen LogP contribution in [0.1, 0.15) is 111 Å². The van der Waals surface area contributed by atoms with Gasteiger partial charge in [-0.15, -0.1) is 0 Å². The zero-order valence-corrected chi connectivity index (χ0v) is 18.1. The maximum Gasteiger partial charge on any atom is 0.306 e. The van der Waals surface area contributed by atoms with Crippen LogP contribution in [0.25, 0.3) is 0 Å². The van der Waals surface area contributed by atoms with Crippen molar-refractivity contribution in [2.75, 3.05) is 0 Å². The lowest BCUT2D eigenvalue weighted by molar-refractivity contribution is -0.141. The van der Waals surface area contributed by atoms with Gasteiger partial charge in [0.15, 0.2) is 0 Å². The van der Waals surface area contributed by atoms with E-state index in [0.29, 0.717) is 6.42 Å². The normalized spacial score (nSPS) is 13.0. The molecule has 5 heteroatoms. The van der Waals surface area contributed by atoms with E-state index in [1.54, 1.807) is 6.92 Å². The Morgan fingerprint density at radius 3 is 1.74 bits per heavy atom. The Balaban J connectivity index is 0. The standard InChI is InChI=1S/C11H22O3.C11H22O2/c1-9(2)6-4-3-5-7-10(12)8-11(13)14;1-3-4-5-6-7-8-9-10(2)11(12)13/h9-10,12H,3-8H2,1-2H3,(H,13,14);10H,3-9H2,1-2H3,(H,12,13). The van der Waals surface area contributed by atoms with Crippen LogP contribution in [0, 0.1) is 11.8 Å². The molecule has 0 rings (SSSR count). The Labute approximate surface area is 166 Å². The van der Waals surface area contributed by atoms with Crippen LogP contribution in [-0.2, 0) is 9.59 Å². The second kappa shape index (κ2) is 19.7. The lowest BCUT2D eigenvalue weighted by Gasteiger charge is -2.08. The summed E-state index contributed by atoms with van der Waals surface area (Å²) in [6.07, 6.45) is 12.5. The van der Waals surface area contributed by atoms with E-state index < -0.39 is 18.0 Å². The molecule has 27 heavy (non-hydrogen) atoms. The molecule has 0 fully saturated rings. The Morgan fingerprint density at radius 2 is 1.22 bits per heavy atom. The van der Waals surface area contributed by atoms with Crippen molar-refractivity contribution in [2.24, 2.45) is 11.8 Å². The van der Waals surface area contributed by atoms with Crippen molar-refractivity contribution < 1.29 is 24.9 Å². The second-order valence-electron chi connectivity index (χ2n) is 8.08. The third kappa shape index (κ3) is 24.9. The Bertz CT molecular complexity index is 355. The minimum atomic E-state index is -0.917. The maximum atomic E-state index is 10.5. The highest BCUT2D eigenvalue weighted by atomic mass is 16.4. The number of aliphatic hydroxyl groups is 1. The molecule has 0 amide bonds. The molecule has 0 heterocycles. The monoisotopic (exact) mass is 388 g/mol. The second-order valence-corrected chi connectivity index (χ2v) is 8.08. The molecule has 0 aromatic heterocycles. The van der Waals surface area contributed by atoms with Crippen molar-refractivity contribution in [2.45, 2.75) is 117 Å². The lowest BCUT2D eigenvalue weighted by atomic mass is 10.0. The number of unbranched alkanes of at least 4 members (excludes halogenated alkanes) is 7. The first-order chi connectivity index (χ1) is 12.7. The summed E-state index contributed by atoms with van der Waals surface area (Å²) in [7, 11) is 0. The van der Waals surface area contributed by atoms with Crippen LogP contribution >= 0.6 is 0 Å². The molecule has 0 aliphatic carbocycles. The Kier molecular flexibility index (Phi) is 20.5. The summed E-state index contributed by atoms with van der Waals surface area (Å²) in [5, 5.41) is 26.3. The van der Waals surface area contributed by atoms with E-state index in [-0.39, 0.29) is 12.3 Å². The van der Waals surface area contributed by atoms with Gasteiger partial charge in [0.1, 0.15) is 0 Å². The van der Waals surface area contributed by atoms with E-state index >= 15 is 0 Å². The van der Waals surface area contributed by atoms with E-state index in [0.717, 1.165) is 31.6 Å². The van der Waals surface area contributed by atoms with Crippen LogP contribution in [-0.4, -0.2) is 33.4 Å². The average Bonchev–Trinajstić information content (AvgIpc) is 2.57. The summed E-state index contributed by atoms with van der Waals surface area (Å²) in [6, 6.07) is 0. The number of hydrogen-bond acceptors (Lipinski definition) is 3. The number of carboxylic acid groups (broad SMARTS) is 2. The smallest absolute Gasteiger partial charge is 0.306 e. The molecule has 0 aromatic rings. The summed E-state index contributed by atoms with van der Waals surface area (Å²) in [6.45, 7) is 8.37. The molecule has 0 aliphatic rings. The highest BCUT2D eigenvalue weighted by Gasteiger charge is 2.09. The first kappa shape index (κ1) is 28.1. The molecule has 0 radical (unpaired) electrons. The number of rotatable bonds is 16. The minimum Gasteiger partial charge on any atom is -0.481 e. The SMILES string of the molecule is CC(C)CCCCCC(O)CC(=O)O.CCCCCCCCC(C)C(=O)O. The van der Waals surface area contributed by atoms with E-state index in [4.69, 9.17) is 10.2 Å². The fourth-order valence-electron chi connectivity index (χ4n) is 2.77. The van der Waals surface area contributed by atoms with Crippen LogP contribution in [0.5, 0.6) is 0 Å². The summed E-state index contributed by atoms with van der Waals surface area (Å²) in [5.74, 6) is -1.00. The molecule has 0 aliphatic heterocycles. The lowest BCUT2D eigenvalue weighted by Crippen LogP contribution is -2.12. The van der Waals surface area contributed by atoms with Crippen molar-refractivity contribution in [3.8, 4) is 0 Å². The van der Waals surface area contributed by atoms with Crippen molar-refractivity contribution >= 4 is 11.9 Å². The third-order valence-corrected chi connectivity index (χ3v) is 4.64. The van der Waals surface area contributed by atoms with Gasteiger partial charge in [-0.2, -0.15) is 0 Å². The quantitative estimate of drug-likeness (QED) is 0.287. The summed E-state index contributed by atoms with van der Waals surface area (Å²) >= 11 is 0. The predicted molar refractivity (Wildman–Crippen MR) is 111 cm³/mol. The molecule has 0 aromatic carbocycles. The topological polar surface area (TPSA) is 94.8 Å². The molecule has 2 atom stereocenters. The number of hydrogen-bond donors (Lipinski definition) is 3. The molecule has 162 valence electrons. The predicted octanol–water partition coefficient (Wildman–Crippen LogP) is 5.89. The fraction of sp³-hybridized carbons (Fsp3) is 0.909. The van der Waals surface area contributed by atoms with Gasteiger partial charge >= 0.3 is 11.9 Å². The summed E-state index contributed by atoms with van der Waals surface area (Å²) in [4.78, 5) is 20.7. The molecule has 0 saturated carbocycles. The van der Waals surface area contributed by atoms with Gasteiger partial charge in [-0.05, 0) is 18.8 Å². The average molecular weight is 389 g/mol. The summed E-state index contributed by atoms with van der Waals surface area (Å²) in [5.41, 5.74) is 0. The van der Waals surface area contributed by atoms with Gasteiger partial charge in [0, 0.05) is 0 Å². The molecule has 2 unspecified atom stereocenters. The highest BCUT2D eigenvalue weighted by Crippen LogP contribution is 2.12. The maximum absolute atomic E-state index is 10.5. The summed E-state index contributed by atoms with van der Waals surface area (Å²) < 4.78 is 0. The van der Waals surface area contributed by atoms with Crippen LogP contribution in [0.15, 0.2) is 0 Å². The van der Waals surface area contributed by atoms with Gasteiger partial charge in [0.2, 0.25) is 0 Å². The highest BCUT2D eigenvalue weighted by molar-refractivity contribution is 5.69. The van der Waals surface area contributed by atoms with Gasteiger partial charge in [0.05, 0.1) is 18.4 Å². The van der Waals surface area contributed by atoms with E-state index in [1.807, 2.05) is 0 Å². The molecular formula is C22H44O5. The van der Waals surface area contributed by atoms with Crippen molar-refractivity contribution in [1.82, 2.24) is 0 Å². The van der Waals surface area contributed by atoms with E-state index in [2.05, 4.69) is 20.8 Å². The Hall–Kier alpha value is -1.10. The molecule has 0 bridgehead atoms. The van der Waals surface area contributed by atoms with Crippen molar-refractivity contribution in [1.29, 1.82) is 0 Å². The van der Waals surface area contributed by atoms with Gasteiger partial charge in [-0.1, -0.05) is 91.9 Å². The molecule has 0 saturated heterocycles. The number of aliphatic carboxylic acids is 2. The minimum absolute atomic E-state index is 0.121. The van der Waals surface area contributed by atoms with Crippen molar-refractivity contribution in [3.05, 3.63) is 0 Å². The molecule has 0 spiro atoms. The first-order valence-corrected chi connectivity index (χ1v) is 10.8. The molecular weight excluding hydrogens is 344 g/mol. The zero-order chi connectivity index (χ0) is 21.1. The number of carboxylic acids is 2. The number of carbonyl (C=O) groups is 2. The van der Waals surface area contributed by atoms with Crippen LogP contribution in [0.2, 0.25) is 0 Å². The van der Waals surface area contributed by atoms with Gasteiger partial charge in [-0.25, -0.2) is 0 Å². The van der Waals surface area contributed by atoms with E-state index in [9.17, 15) is 14.7 Å².